The van der Waals surface area contributed by atoms with Gasteiger partial charge in [0.25, 0.3) is 5.56 Å². The van der Waals surface area contributed by atoms with Gasteiger partial charge in [0, 0.05) is 18.2 Å². The van der Waals surface area contributed by atoms with E-state index in [0.29, 0.717) is 21.2 Å². The van der Waals surface area contributed by atoms with Crippen molar-refractivity contribution in [1.29, 1.82) is 0 Å². The van der Waals surface area contributed by atoms with Gasteiger partial charge in [-0.25, -0.2) is 9.37 Å². The van der Waals surface area contributed by atoms with Crippen molar-refractivity contribution in [2.24, 2.45) is 5.73 Å². The maximum atomic E-state index is 13.7. The molecule has 19 heavy (non-hydrogen) atoms. The zero-order valence-electron chi connectivity index (χ0n) is 9.71. The highest BCUT2D eigenvalue weighted by atomic mass is 32.1. The fraction of sp³-hybridized carbons (Fsp3) is 0.0833. The van der Waals surface area contributed by atoms with Crippen LogP contribution in [0.3, 0.4) is 0 Å². The number of fused-ring (bicyclic) bond motifs is 1. The van der Waals surface area contributed by atoms with Crippen molar-refractivity contribution in [3.05, 3.63) is 52.2 Å². The summed E-state index contributed by atoms with van der Waals surface area (Å²) in [6.45, 7) is 0.179. The van der Waals surface area contributed by atoms with Crippen molar-refractivity contribution in [2.45, 2.75) is 6.54 Å². The average Bonchev–Trinajstić information content (AvgIpc) is 2.83. The van der Waals surface area contributed by atoms with Crippen LogP contribution in [0.2, 0.25) is 0 Å². The Morgan fingerprint density at radius 2 is 2.16 bits per heavy atom. The summed E-state index contributed by atoms with van der Waals surface area (Å²) in [5.74, 6) is -0.381. The molecule has 2 N–H and O–H groups in total. The zero-order valence-corrected chi connectivity index (χ0v) is 10.5. The highest BCUT2D eigenvalue weighted by Crippen LogP contribution is 2.26. The molecule has 1 aromatic carbocycles. The van der Waals surface area contributed by atoms with Gasteiger partial charge in [-0.05, 0) is 12.1 Å². The van der Waals surface area contributed by atoms with Gasteiger partial charge in [-0.2, -0.15) is 9.61 Å². The lowest BCUT2D eigenvalue weighted by molar-refractivity contribution is 0.630. The Morgan fingerprint density at radius 1 is 1.37 bits per heavy atom. The first-order valence-electron chi connectivity index (χ1n) is 5.54. The van der Waals surface area contributed by atoms with Gasteiger partial charge in [0.15, 0.2) is 5.01 Å². The molecule has 0 fully saturated rings. The minimum absolute atomic E-state index is 0.179. The van der Waals surface area contributed by atoms with Crippen LogP contribution in [0.25, 0.3) is 15.5 Å². The van der Waals surface area contributed by atoms with E-state index in [1.807, 2.05) is 0 Å². The third-order valence-electron chi connectivity index (χ3n) is 2.61. The van der Waals surface area contributed by atoms with Crippen LogP contribution >= 0.6 is 11.3 Å². The number of hydrogen-bond acceptors (Lipinski definition) is 5. The Bertz CT molecular complexity index is 811. The molecule has 0 amide bonds. The number of rotatable bonds is 2. The largest absolute Gasteiger partial charge is 0.325 e. The molecule has 0 aliphatic carbocycles. The summed E-state index contributed by atoms with van der Waals surface area (Å²) in [7, 11) is 0. The molecule has 0 atom stereocenters. The van der Waals surface area contributed by atoms with Crippen LogP contribution in [0.5, 0.6) is 0 Å². The van der Waals surface area contributed by atoms with Crippen molar-refractivity contribution in [1.82, 2.24) is 14.6 Å². The standard InChI is InChI=1S/C12H9FN4OS/c13-9-4-2-1-3-8(9)11-16-17-10(18)5-7(6-14)15-12(17)19-11/h1-5H,6,14H2. The van der Waals surface area contributed by atoms with Gasteiger partial charge >= 0.3 is 0 Å². The minimum atomic E-state index is -0.381. The van der Waals surface area contributed by atoms with Crippen molar-refractivity contribution in [3.8, 4) is 10.6 Å². The predicted molar refractivity (Wildman–Crippen MR) is 70.4 cm³/mol. The van der Waals surface area contributed by atoms with Gasteiger partial charge in [-0.15, -0.1) is 0 Å². The quantitative estimate of drug-likeness (QED) is 0.768. The molecular weight excluding hydrogens is 267 g/mol. The van der Waals surface area contributed by atoms with Crippen LogP contribution in [-0.2, 0) is 6.54 Å². The van der Waals surface area contributed by atoms with Crippen LogP contribution < -0.4 is 11.3 Å². The van der Waals surface area contributed by atoms with E-state index in [4.69, 9.17) is 5.73 Å². The highest BCUT2D eigenvalue weighted by Gasteiger charge is 2.12. The molecule has 0 unspecified atom stereocenters. The molecule has 0 aliphatic rings. The Balaban J connectivity index is 2.25. The maximum absolute atomic E-state index is 13.7. The first kappa shape index (κ1) is 11.9. The van der Waals surface area contributed by atoms with Crippen molar-refractivity contribution >= 4 is 16.3 Å². The van der Waals surface area contributed by atoms with E-state index in [0.717, 1.165) is 15.9 Å². The van der Waals surface area contributed by atoms with Crippen molar-refractivity contribution < 1.29 is 4.39 Å². The molecule has 2 heterocycles. The van der Waals surface area contributed by atoms with E-state index in [-0.39, 0.29) is 17.9 Å². The summed E-state index contributed by atoms with van der Waals surface area (Å²) in [5, 5.41) is 4.51. The summed E-state index contributed by atoms with van der Waals surface area (Å²) < 4.78 is 14.8. The topological polar surface area (TPSA) is 73.3 Å². The molecule has 0 saturated carbocycles. The van der Waals surface area contributed by atoms with Crippen LogP contribution in [0.1, 0.15) is 5.69 Å². The van der Waals surface area contributed by atoms with Crippen LogP contribution in [0.4, 0.5) is 4.39 Å². The fourth-order valence-corrected chi connectivity index (χ4v) is 2.66. The molecule has 0 radical (unpaired) electrons. The van der Waals surface area contributed by atoms with E-state index in [9.17, 15) is 9.18 Å². The van der Waals surface area contributed by atoms with E-state index < -0.39 is 0 Å². The highest BCUT2D eigenvalue weighted by molar-refractivity contribution is 7.19. The summed E-state index contributed by atoms with van der Waals surface area (Å²) in [4.78, 5) is 16.4. The van der Waals surface area contributed by atoms with Gasteiger partial charge in [0.1, 0.15) is 5.82 Å². The number of nitrogens with two attached hydrogens (primary N) is 1. The summed E-state index contributed by atoms with van der Waals surface area (Å²) >= 11 is 1.15. The predicted octanol–water partition coefficient (Wildman–Crippen LogP) is 1.42. The minimum Gasteiger partial charge on any atom is -0.325 e. The first-order chi connectivity index (χ1) is 9.19. The van der Waals surface area contributed by atoms with Crippen LogP contribution in [-0.4, -0.2) is 14.6 Å². The number of aromatic nitrogens is 3. The number of halogens is 1. The molecular formula is C12H9FN4OS. The SMILES string of the molecule is NCc1cc(=O)n2nc(-c3ccccc3F)sc2n1. The molecule has 5 nitrogen and oxygen atoms in total. The van der Waals surface area contributed by atoms with Gasteiger partial charge in [0.05, 0.1) is 5.69 Å². The number of benzene rings is 1. The van der Waals surface area contributed by atoms with E-state index >= 15 is 0 Å². The molecule has 0 aliphatic heterocycles. The van der Waals surface area contributed by atoms with E-state index in [2.05, 4.69) is 10.1 Å². The molecule has 3 aromatic rings. The molecule has 7 heteroatoms. The van der Waals surface area contributed by atoms with Crippen LogP contribution in [0.15, 0.2) is 35.1 Å². The second-order valence-electron chi connectivity index (χ2n) is 3.87. The lowest BCUT2D eigenvalue weighted by Gasteiger charge is -1.95. The molecule has 3 rings (SSSR count). The Labute approximate surface area is 111 Å². The van der Waals surface area contributed by atoms with Gasteiger partial charge in [-0.3, -0.25) is 4.79 Å². The fourth-order valence-electron chi connectivity index (χ4n) is 1.70. The summed E-state index contributed by atoms with van der Waals surface area (Å²) in [6, 6.07) is 7.61. The van der Waals surface area contributed by atoms with Gasteiger partial charge < -0.3 is 5.73 Å². The van der Waals surface area contributed by atoms with Gasteiger partial charge in [0.2, 0.25) is 4.96 Å². The number of hydrogen-bond donors (Lipinski definition) is 1. The Kier molecular flexibility index (Phi) is 2.84. The third-order valence-corrected chi connectivity index (χ3v) is 3.55. The van der Waals surface area contributed by atoms with Crippen LogP contribution in [0, 0.1) is 5.82 Å². The van der Waals surface area contributed by atoms with Gasteiger partial charge in [-0.1, -0.05) is 23.5 Å². The lowest BCUT2D eigenvalue weighted by atomic mass is 10.2. The lowest BCUT2D eigenvalue weighted by Crippen LogP contribution is -2.16. The zero-order chi connectivity index (χ0) is 13.4. The smallest absolute Gasteiger partial charge is 0.275 e. The summed E-state index contributed by atoms with van der Waals surface area (Å²) in [5.41, 5.74) is 6.00. The molecule has 0 spiro atoms. The average molecular weight is 276 g/mol. The number of nitrogens with zero attached hydrogens (tertiary/aromatic N) is 3. The Hall–Kier alpha value is -2.12. The third kappa shape index (κ3) is 2.02. The molecule has 0 saturated heterocycles. The molecule has 2 aromatic heterocycles. The second-order valence-corrected chi connectivity index (χ2v) is 4.83. The maximum Gasteiger partial charge on any atom is 0.275 e. The van der Waals surface area contributed by atoms with Crippen molar-refractivity contribution in [3.63, 3.8) is 0 Å². The molecule has 96 valence electrons. The molecule has 0 bridgehead atoms. The van der Waals surface area contributed by atoms with E-state index in [1.54, 1.807) is 18.2 Å². The first-order valence-corrected chi connectivity index (χ1v) is 6.35. The van der Waals surface area contributed by atoms with Crippen molar-refractivity contribution in [2.75, 3.05) is 0 Å². The monoisotopic (exact) mass is 276 g/mol. The normalized spacial score (nSPS) is 11.1. The van der Waals surface area contributed by atoms with E-state index in [1.165, 1.54) is 12.1 Å². The Morgan fingerprint density at radius 3 is 2.89 bits per heavy atom. The second kappa shape index (κ2) is 4.52. The summed E-state index contributed by atoms with van der Waals surface area (Å²) in [6.07, 6.45) is 0.